The highest BCUT2D eigenvalue weighted by molar-refractivity contribution is 7.89. The molecule has 0 spiro atoms. The molecule has 21 heavy (non-hydrogen) atoms. The molecule has 4 N–H and O–H groups in total. The highest BCUT2D eigenvalue weighted by Gasteiger charge is 2.29. The summed E-state index contributed by atoms with van der Waals surface area (Å²) in [7, 11) is -2.31. The SMILES string of the molecule is CNC(=O)C(C)(C)CNS(=O)(=O)c1ccccc1C(N)=S. The van der Waals surface area contributed by atoms with Crippen LogP contribution in [0.3, 0.4) is 0 Å². The molecular weight excluding hydrogens is 310 g/mol. The van der Waals surface area contributed by atoms with Crippen molar-refractivity contribution in [2.45, 2.75) is 18.7 Å². The van der Waals surface area contributed by atoms with Crippen LogP contribution in [0.25, 0.3) is 0 Å². The second kappa shape index (κ2) is 6.50. The molecule has 0 unspecified atom stereocenters. The van der Waals surface area contributed by atoms with Crippen molar-refractivity contribution in [1.82, 2.24) is 10.0 Å². The molecule has 1 rings (SSSR count). The second-order valence-electron chi connectivity index (χ2n) is 5.15. The van der Waals surface area contributed by atoms with E-state index in [2.05, 4.69) is 10.0 Å². The van der Waals surface area contributed by atoms with Gasteiger partial charge in [0.2, 0.25) is 15.9 Å². The van der Waals surface area contributed by atoms with Gasteiger partial charge in [-0.15, -0.1) is 0 Å². The summed E-state index contributed by atoms with van der Waals surface area (Å²) in [6.07, 6.45) is 0. The lowest BCUT2D eigenvalue weighted by Crippen LogP contribution is -2.43. The quantitative estimate of drug-likeness (QED) is 0.655. The maximum Gasteiger partial charge on any atom is 0.241 e. The van der Waals surface area contributed by atoms with Gasteiger partial charge in [-0.05, 0) is 19.9 Å². The fraction of sp³-hybridized carbons (Fsp3) is 0.385. The van der Waals surface area contributed by atoms with Crippen molar-refractivity contribution in [1.29, 1.82) is 0 Å². The van der Waals surface area contributed by atoms with Crippen LogP contribution >= 0.6 is 12.2 Å². The predicted octanol–water partition coefficient (Wildman–Crippen LogP) is 0.371. The van der Waals surface area contributed by atoms with E-state index in [1.54, 1.807) is 32.0 Å². The van der Waals surface area contributed by atoms with Crippen molar-refractivity contribution in [3.63, 3.8) is 0 Å². The summed E-state index contributed by atoms with van der Waals surface area (Å²) in [6.45, 7) is 3.25. The van der Waals surface area contributed by atoms with Crippen LogP contribution in [0.1, 0.15) is 19.4 Å². The van der Waals surface area contributed by atoms with Crippen molar-refractivity contribution in [3.8, 4) is 0 Å². The Morgan fingerprint density at radius 3 is 2.43 bits per heavy atom. The maximum absolute atomic E-state index is 12.4. The number of sulfonamides is 1. The number of amides is 1. The zero-order chi connectivity index (χ0) is 16.3. The molecule has 0 fully saturated rings. The summed E-state index contributed by atoms with van der Waals surface area (Å²) < 4.78 is 27.1. The van der Waals surface area contributed by atoms with E-state index >= 15 is 0 Å². The van der Waals surface area contributed by atoms with Gasteiger partial charge in [-0.25, -0.2) is 13.1 Å². The summed E-state index contributed by atoms with van der Waals surface area (Å²) in [4.78, 5) is 11.7. The number of carbonyl (C=O) groups excluding carboxylic acids is 1. The molecule has 0 aliphatic carbocycles. The zero-order valence-corrected chi connectivity index (χ0v) is 13.8. The fourth-order valence-corrected chi connectivity index (χ4v) is 3.35. The first-order valence-electron chi connectivity index (χ1n) is 6.22. The first-order chi connectivity index (χ1) is 9.62. The van der Waals surface area contributed by atoms with Gasteiger partial charge in [-0.1, -0.05) is 30.4 Å². The van der Waals surface area contributed by atoms with E-state index < -0.39 is 15.4 Å². The Morgan fingerprint density at radius 1 is 1.33 bits per heavy atom. The van der Waals surface area contributed by atoms with E-state index in [9.17, 15) is 13.2 Å². The molecule has 0 aliphatic rings. The van der Waals surface area contributed by atoms with Crippen LogP contribution in [0.4, 0.5) is 0 Å². The predicted molar refractivity (Wildman–Crippen MR) is 85.4 cm³/mol. The number of benzene rings is 1. The molecule has 8 heteroatoms. The molecule has 116 valence electrons. The smallest absolute Gasteiger partial charge is 0.241 e. The van der Waals surface area contributed by atoms with Gasteiger partial charge in [0, 0.05) is 19.2 Å². The number of carbonyl (C=O) groups is 1. The van der Waals surface area contributed by atoms with Crippen LogP contribution in [0.2, 0.25) is 0 Å². The van der Waals surface area contributed by atoms with Crippen LogP contribution in [0, 0.1) is 5.41 Å². The Labute approximate surface area is 130 Å². The molecule has 1 amide bonds. The van der Waals surface area contributed by atoms with E-state index in [1.807, 2.05) is 0 Å². The van der Waals surface area contributed by atoms with Crippen LogP contribution in [0.5, 0.6) is 0 Å². The van der Waals surface area contributed by atoms with E-state index in [0.717, 1.165) is 0 Å². The third-order valence-electron chi connectivity index (χ3n) is 2.99. The third-order valence-corrected chi connectivity index (χ3v) is 4.67. The highest BCUT2D eigenvalue weighted by atomic mass is 32.2. The number of hydrogen-bond acceptors (Lipinski definition) is 4. The Morgan fingerprint density at radius 2 is 1.90 bits per heavy atom. The zero-order valence-electron chi connectivity index (χ0n) is 12.1. The average molecular weight is 329 g/mol. The lowest BCUT2D eigenvalue weighted by atomic mass is 9.93. The fourth-order valence-electron chi connectivity index (χ4n) is 1.68. The van der Waals surface area contributed by atoms with Crippen LogP contribution in [0.15, 0.2) is 29.2 Å². The van der Waals surface area contributed by atoms with E-state index in [4.69, 9.17) is 18.0 Å². The molecule has 6 nitrogen and oxygen atoms in total. The van der Waals surface area contributed by atoms with E-state index in [0.29, 0.717) is 0 Å². The summed E-state index contributed by atoms with van der Waals surface area (Å²) in [5.74, 6) is -0.257. The van der Waals surface area contributed by atoms with Crippen LogP contribution in [-0.2, 0) is 14.8 Å². The van der Waals surface area contributed by atoms with Gasteiger partial charge < -0.3 is 11.1 Å². The Kier molecular flexibility index (Phi) is 5.43. The molecule has 1 aromatic rings. The van der Waals surface area contributed by atoms with Gasteiger partial charge in [0.25, 0.3) is 0 Å². The summed E-state index contributed by atoms with van der Waals surface area (Å²) in [5, 5.41) is 2.50. The monoisotopic (exact) mass is 329 g/mol. The molecule has 0 saturated carbocycles. The lowest BCUT2D eigenvalue weighted by molar-refractivity contribution is -0.128. The minimum atomic E-state index is -3.81. The standard InChI is InChI=1S/C13H19N3O3S2/c1-13(2,12(17)15-3)8-16-21(18,19)10-7-5-4-6-9(10)11(14)20/h4-7,16H,8H2,1-3H3,(H2,14,20)(H,15,17). The molecule has 0 radical (unpaired) electrons. The number of thiocarbonyl (C=S) groups is 1. The third kappa shape index (κ3) is 4.23. The first kappa shape index (κ1) is 17.5. The molecule has 0 atom stereocenters. The van der Waals surface area contributed by atoms with E-state index in [1.165, 1.54) is 13.1 Å². The molecule has 0 saturated heterocycles. The summed E-state index contributed by atoms with van der Waals surface area (Å²) in [6, 6.07) is 6.20. The first-order valence-corrected chi connectivity index (χ1v) is 8.11. The number of nitrogens with two attached hydrogens (primary N) is 1. The topological polar surface area (TPSA) is 101 Å². The Bertz CT molecular complexity index is 654. The second-order valence-corrected chi connectivity index (χ2v) is 7.32. The van der Waals surface area contributed by atoms with Gasteiger partial charge >= 0.3 is 0 Å². The Balaban J connectivity index is 3.04. The molecule has 0 aromatic heterocycles. The highest BCUT2D eigenvalue weighted by Crippen LogP contribution is 2.18. The molecule has 0 heterocycles. The van der Waals surface area contributed by atoms with Crippen LogP contribution in [-0.4, -0.2) is 32.9 Å². The number of nitrogens with one attached hydrogen (secondary N) is 2. The van der Waals surface area contributed by atoms with Gasteiger partial charge in [0.05, 0.1) is 10.3 Å². The van der Waals surface area contributed by atoms with Gasteiger partial charge in [0.1, 0.15) is 4.99 Å². The van der Waals surface area contributed by atoms with Gasteiger partial charge in [0.15, 0.2) is 0 Å². The maximum atomic E-state index is 12.4. The molecule has 1 aromatic carbocycles. The lowest BCUT2D eigenvalue weighted by Gasteiger charge is -2.23. The minimum absolute atomic E-state index is 0.00142. The normalized spacial score (nSPS) is 12.0. The van der Waals surface area contributed by atoms with Crippen molar-refractivity contribution >= 4 is 33.1 Å². The summed E-state index contributed by atoms with van der Waals surface area (Å²) >= 11 is 4.86. The molecule has 0 aliphatic heterocycles. The largest absolute Gasteiger partial charge is 0.389 e. The van der Waals surface area contributed by atoms with Crippen LogP contribution < -0.4 is 15.8 Å². The number of hydrogen-bond donors (Lipinski definition) is 3. The van der Waals surface area contributed by atoms with Crippen molar-refractivity contribution in [3.05, 3.63) is 29.8 Å². The average Bonchev–Trinajstić information content (AvgIpc) is 2.44. The molecular formula is C13H19N3O3S2. The number of rotatable bonds is 6. The van der Waals surface area contributed by atoms with Crippen molar-refractivity contribution in [2.75, 3.05) is 13.6 Å². The molecule has 0 bridgehead atoms. The summed E-state index contributed by atoms with van der Waals surface area (Å²) in [5.41, 5.74) is 4.94. The van der Waals surface area contributed by atoms with Crippen molar-refractivity contribution < 1.29 is 13.2 Å². The van der Waals surface area contributed by atoms with E-state index in [-0.39, 0.29) is 27.9 Å². The van der Waals surface area contributed by atoms with Gasteiger partial charge in [-0.2, -0.15) is 0 Å². The van der Waals surface area contributed by atoms with Gasteiger partial charge in [-0.3, -0.25) is 4.79 Å². The minimum Gasteiger partial charge on any atom is -0.389 e. The Hall–Kier alpha value is -1.51. The van der Waals surface area contributed by atoms with Crippen molar-refractivity contribution in [2.24, 2.45) is 11.1 Å².